The van der Waals surface area contributed by atoms with Gasteiger partial charge in [0, 0.05) is 35.6 Å². The third kappa shape index (κ3) is 6.93. The highest BCUT2D eigenvalue weighted by atomic mass is 19.1. The first kappa shape index (κ1) is 31.0. The minimum Gasteiger partial charge on any atom is -0.468 e. The van der Waals surface area contributed by atoms with Crippen molar-refractivity contribution in [2.45, 2.75) is 52.5 Å². The van der Waals surface area contributed by atoms with Gasteiger partial charge < -0.3 is 15.4 Å². The molecule has 2 amide bonds. The molecule has 2 aromatic carbocycles. The first-order valence-electron chi connectivity index (χ1n) is 13.9. The van der Waals surface area contributed by atoms with E-state index in [0.29, 0.717) is 39.5 Å². The molecule has 0 radical (unpaired) electrons. The number of carbonyl (C=O) groups is 5. The second-order valence-corrected chi connectivity index (χ2v) is 10.3. The summed E-state index contributed by atoms with van der Waals surface area (Å²) in [6.45, 7) is 4.72. The summed E-state index contributed by atoms with van der Waals surface area (Å²) < 4.78 is 22.7. The van der Waals surface area contributed by atoms with E-state index in [4.69, 9.17) is 0 Å². The number of nitrogens with zero attached hydrogens (tertiary/aromatic N) is 4. The Morgan fingerprint density at radius 3 is 2.42 bits per heavy atom. The second-order valence-electron chi connectivity index (χ2n) is 10.3. The third-order valence-corrected chi connectivity index (χ3v) is 6.94. The number of amides is 2. The zero-order chi connectivity index (χ0) is 31.3. The van der Waals surface area contributed by atoms with Crippen LogP contribution >= 0.6 is 0 Å². The molecular weight excluding hydrogens is 559 g/mol. The molecule has 13 heteroatoms. The van der Waals surface area contributed by atoms with Gasteiger partial charge in [0.1, 0.15) is 24.7 Å². The van der Waals surface area contributed by atoms with Crippen molar-refractivity contribution in [3.8, 4) is 11.1 Å². The van der Waals surface area contributed by atoms with E-state index in [1.165, 1.54) is 28.7 Å². The zero-order valence-corrected chi connectivity index (χ0v) is 24.4. The highest BCUT2D eigenvalue weighted by Gasteiger charge is 2.22. The van der Waals surface area contributed by atoms with E-state index in [1.54, 1.807) is 31.2 Å². The minimum atomic E-state index is -0.616. The molecule has 0 saturated carbocycles. The van der Waals surface area contributed by atoms with Crippen molar-refractivity contribution in [1.29, 1.82) is 0 Å². The number of hydrogen-bond acceptors (Lipinski definition) is 8. The number of ether oxygens (including phenoxy) is 1. The predicted molar refractivity (Wildman–Crippen MR) is 156 cm³/mol. The molecule has 12 nitrogen and oxygen atoms in total. The van der Waals surface area contributed by atoms with E-state index in [0.717, 1.165) is 0 Å². The van der Waals surface area contributed by atoms with Crippen LogP contribution in [0.25, 0.3) is 32.9 Å². The van der Waals surface area contributed by atoms with Crippen LogP contribution in [0.15, 0.2) is 36.5 Å². The Morgan fingerprint density at radius 1 is 0.977 bits per heavy atom. The van der Waals surface area contributed by atoms with Gasteiger partial charge in [-0.05, 0) is 29.7 Å². The quantitative estimate of drug-likeness (QED) is 0.238. The molecule has 0 aliphatic heterocycles. The molecule has 0 aliphatic carbocycles. The van der Waals surface area contributed by atoms with Gasteiger partial charge in [-0.2, -0.15) is 10.2 Å². The molecule has 0 bridgehead atoms. The molecule has 0 fully saturated rings. The van der Waals surface area contributed by atoms with Crippen LogP contribution in [0.5, 0.6) is 0 Å². The van der Waals surface area contributed by atoms with Crippen molar-refractivity contribution >= 4 is 51.3 Å². The van der Waals surface area contributed by atoms with E-state index in [2.05, 4.69) is 25.6 Å². The number of fused-ring (bicyclic) bond motifs is 2. The van der Waals surface area contributed by atoms with Crippen molar-refractivity contribution in [2.75, 3.05) is 20.2 Å². The average Bonchev–Trinajstić information content (AvgIpc) is 3.58. The largest absolute Gasteiger partial charge is 0.468 e. The lowest BCUT2D eigenvalue weighted by Crippen LogP contribution is -2.40. The smallest absolute Gasteiger partial charge is 0.325 e. The number of esters is 1. The first-order valence-corrected chi connectivity index (χ1v) is 13.9. The number of ketones is 1. The normalized spacial score (nSPS) is 11.2. The Bertz CT molecular complexity index is 1720. The van der Waals surface area contributed by atoms with Crippen molar-refractivity contribution in [1.82, 2.24) is 30.2 Å². The molecule has 226 valence electrons. The van der Waals surface area contributed by atoms with Crippen LogP contribution in [0.1, 0.15) is 56.4 Å². The van der Waals surface area contributed by atoms with Gasteiger partial charge in [0.15, 0.2) is 0 Å². The highest BCUT2D eigenvalue weighted by molar-refractivity contribution is 6.01. The summed E-state index contributed by atoms with van der Waals surface area (Å²) in [5.41, 5.74) is 2.37. The number of nitrogens with one attached hydrogen (secondary N) is 2. The molecule has 4 rings (SSSR count). The molecule has 2 aromatic heterocycles. The van der Waals surface area contributed by atoms with Crippen LogP contribution < -0.4 is 10.6 Å². The fourth-order valence-corrected chi connectivity index (χ4v) is 4.66. The number of hydrogen-bond donors (Lipinski definition) is 2. The van der Waals surface area contributed by atoms with Crippen molar-refractivity contribution in [3.05, 3.63) is 48.0 Å². The van der Waals surface area contributed by atoms with Crippen molar-refractivity contribution in [3.63, 3.8) is 0 Å². The maximum absolute atomic E-state index is 15.6. The van der Waals surface area contributed by atoms with Gasteiger partial charge in [0.05, 0.1) is 36.6 Å². The standard InChI is InChI=1S/C30H33FN6O6/c1-5-19(38)9-10-27(41)37-24-12-21(22(31)11-18(24)13-34-37)20-7-6-8-23-29(20)30(17(2)3)35-36(23)16-26(40)32-14-25(39)33-15-28(42)43-4/h6-8,11-13,17H,5,9-10,14-16H2,1-4H3,(H,32,40)(H,33,39). The van der Waals surface area contributed by atoms with Gasteiger partial charge in [-0.15, -0.1) is 0 Å². The summed E-state index contributed by atoms with van der Waals surface area (Å²) in [5.74, 6) is -2.68. The molecule has 0 spiro atoms. The van der Waals surface area contributed by atoms with Gasteiger partial charge in [0.2, 0.25) is 17.7 Å². The van der Waals surface area contributed by atoms with E-state index >= 15 is 4.39 Å². The molecule has 0 saturated heterocycles. The molecule has 0 atom stereocenters. The molecule has 43 heavy (non-hydrogen) atoms. The number of methoxy groups -OCH3 is 1. The maximum atomic E-state index is 15.6. The van der Waals surface area contributed by atoms with Crippen LogP contribution in [-0.4, -0.2) is 69.2 Å². The maximum Gasteiger partial charge on any atom is 0.325 e. The average molecular weight is 593 g/mol. The number of benzene rings is 2. The number of halogens is 1. The second kappa shape index (κ2) is 13.4. The number of aromatic nitrogens is 4. The van der Waals surface area contributed by atoms with Gasteiger partial charge in [-0.1, -0.05) is 32.9 Å². The third-order valence-electron chi connectivity index (χ3n) is 6.94. The zero-order valence-electron chi connectivity index (χ0n) is 24.4. The molecule has 0 aliphatic rings. The lowest BCUT2D eigenvalue weighted by Gasteiger charge is -2.10. The summed E-state index contributed by atoms with van der Waals surface area (Å²) in [6, 6.07) is 8.12. The molecule has 2 heterocycles. The highest BCUT2D eigenvalue weighted by Crippen LogP contribution is 2.37. The Labute approximate surface area is 246 Å². The van der Waals surface area contributed by atoms with Crippen LogP contribution in [-0.2, 0) is 30.5 Å². The van der Waals surface area contributed by atoms with Gasteiger partial charge in [-0.3, -0.25) is 28.7 Å². The van der Waals surface area contributed by atoms with Gasteiger partial charge in [0.25, 0.3) is 0 Å². The van der Waals surface area contributed by atoms with Crippen molar-refractivity contribution < 1.29 is 33.1 Å². The van der Waals surface area contributed by atoms with Crippen LogP contribution in [0.4, 0.5) is 4.39 Å². The number of rotatable bonds is 12. The summed E-state index contributed by atoms with van der Waals surface area (Å²) in [4.78, 5) is 60.5. The van der Waals surface area contributed by atoms with E-state index in [1.807, 2.05) is 13.8 Å². The fourth-order valence-electron chi connectivity index (χ4n) is 4.66. The van der Waals surface area contributed by atoms with Crippen LogP contribution in [0.2, 0.25) is 0 Å². The summed E-state index contributed by atoms with van der Waals surface area (Å²) in [5, 5.41) is 14.7. The summed E-state index contributed by atoms with van der Waals surface area (Å²) in [7, 11) is 1.20. The Balaban J connectivity index is 1.66. The van der Waals surface area contributed by atoms with E-state index < -0.39 is 23.6 Å². The topological polar surface area (TPSA) is 154 Å². The lowest BCUT2D eigenvalue weighted by atomic mass is 9.95. The lowest BCUT2D eigenvalue weighted by molar-refractivity contribution is -0.141. The molecular formula is C30H33FN6O6. The Morgan fingerprint density at radius 2 is 1.72 bits per heavy atom. The molecule has 0 unspecified atom stereocenters. The van der Waals surface area contributed by atoms with Crippen molar-refractivity contribution in [2.24, 2.45) is 0 Å². The first-order chi connectivity index (χ1) is 20.5. The van der Waals surface area contributed by atoms with Crippen LogP contribution in [0.3, 0.4) is 0 Å². The predicted octanol–water partition coefficient (Wildman–Crippen LogP) is 3.12. The SMILES string of the molecule is CCC(=O)CCC(=O)n1ncc2cc(F)c(-c3cccc4c3c(C(C)C)nn4CC(=O)NCC(=O)NCC(=O)OC)cc21. The van der Waals surface area contributed by atoms with Gasteiger partial charge >= 0.3 is 5.97 Å². The van der Waals surface area contributed by atoms with Gasteiger partial charge in [-0.25, -0.2) is 9.07 Å². The fraction of sp³-hybridized carbons (Fsp3) is 0.367. The Hall–Kier alpha value is -4.94. The van der Waals surface area contributed by atoms with Crippen LogP contribution in [0, 0.1) is 5.82 Å². The number of carbonyl (C=O) groups excluding carboxylic acids is 5. The summed E-state index contributed by atoms with van der Waals surface area (Å²) in [6.07, 6.45) is 1.85. The summed E-state index contributed by atoms with van der Waals surface area (Å²) >= 11 is 0. The molecule has 2 N–H and O–H groups in total. The van der Waals surface area contributed by atoms with E-state index in [-0.39, 0.29) is 55.6 Å². The molecule has 4 aromatic rings. The monoisotopic (exact) mass is 592 g/mol. The van der Waals surface area contributed by atoms with E-state index in [9.17, 15) is 24.0 Å². The minimum absolute atomic E-state index is 0.00891. The Kier molecular flexibility index (Phi) is 9.63. The number of Topliss-reactive ketones (excluding diaryl/α,β-unsaturated/α-hetero) is 1.